The number of likely N-dealkylation sites (N-methyl/N-ethyl adjacent to an activating group) is 1. The number of carbonyl (C=O) groups is 2. The first-order chi connectivity index (χ1) is 8.54. The largest absolute Gasteiger partial charge is 0.450 e. The van der Waals surface area contributed by atoms with Gasteiger partial charge in [-0.2, -0.15) is 0 Å². The van der Waals surface area contributed by atoms with E-state index in [1.54, 1.807) is 30.8 Å². The molecule has 0 N–H and O–H groups in total. The predicted octanol–water partition coefficient (Wildman–Crippen LogP) is 0.239. The van der Waals surface area contributed by atoms with Crippen molar-refractivity contribution < 1.29 is 14.3 Å². The summed E-state index contributed by atoms with van der Waals surface area (Å²) in [5.74, 6) is 0.0968. The van der Waals surface area contributed by atoms with Crippen LogP contribution in [0.1, 0.15) is 13.3 Å². The molecule has 1 saturated heterocycles. The number of hydrogen-bond donors (Lipinski definition) is 0. The molecule has 0 aromatic heterocycles. The molecular formula is C12H23N3O3. The van der Waals surface area contributed by atoms with E-state index in [2.05, 4.69) is 4.90 Å². The normalized spacial score (nSPS) is 17.2. The van der Waals surface area contributed by atoms with Gasteiger partial charge in [-0.1, -0.05) is 0 Å². The number of ether oxygens (including phenoxy) is 1. The van der Waals surface area contributed by atoms with Crippen molar-refractivity contribution in [2.24, 2.45) is 0 Å². The molecule has 18 heavy (non-hydrogen) atoms. The molecule has 6 nitrogen and oxygen atoms in total. The highest BCUT2D eigenvalue weighted by Crippen LogP contribution is 2.05. The van der Waals surface area contributed by atoms with Gasteiger partial charge >= 0.3 is 6.09 Å². The minimum absolute atomic E-state index is 0.0968. The Bertz CT molecular complexity index is 294. The van der Waals surface area contributed by atoms with Gasteiger partial charge in [-0.3, -0.25) is 9.69 Å². The highest BCUT2D eigenvalue weighted by atomic mass is 16.6. The van der Waals surface area contributed by atoms with Gasteiger partial charge in [0.15, 0.2) is 0 Å². The van der Waals surface area contributed by atoms with Crippen molar-refractivity contribution in [1.82, 2.24) is 14.7 Å². The zero-order chi connectivity index (χ0) is 13.5. The summed E-state index contributed by atoms with van der Waals surface area (Å²) in [5.41, 5.74) is 0. The molecule has 1 rings (SSSR count). The fourth-order valence-electron chi connectivity index (χ4n) is 1.86. The Hall–Kier alpha value is -1.30. The maximum Gasteiger partial charge on any atom is 0.409 e. The summed E-state index contributed by atoms with van der Waals surface area (Å²) >= 11 is 0. The second-order valence-electron chi connectivity index (χ2n) is 4.60. The van der Waals surface area contributed by atoms with Gasteiger partial charge in [0.2, 0.25) is 5.91 Å². The van der Waals surface area contributed by atoms with E-state index in [9.17, 15) is 9.59 Å². The van der Waals surface area contributed by atoms with Gasteiger partial charge in [0.1, 0.15) is 0 Å². The Balaban J connectivity index is 2.41. The molecule has 0 bridgehead atoms. The van der Waals surface area contributed by atoms with Crippen molar-refractivity contribution in [3.05, 3.63) is 0 Å². The lowest BCUT2D eigenvalue weighted by Gasteiger charge is -2.22. The van der Waals surface area contributed by atoms with Gasteiger partial charge < -0.3 is 14.5 Å². The summed E-state index contributed by atoms with van der Waals surface area (Å²) in [6, 6.07) is 0. The van der Waals surface area contributed by atoms with Crippen molar-refractivity contribution in [3.63, 3.8) is 0 Å². The van der Waals surface area contributed by atoms with Crippen LogP contribution in [0.3, 0.4) is 0 Å². The predicted molar refractivity (Wildman–Crippen MR) is 68.3 cm³/mol. The third kappa shape index (κ3) is 4.52. The average molecular weight is 257 g/mol. The number of carbonyl (C=O) groups excluding carboxylic acids is 2. The summed E-state index contributed by atoms with van der Waals surface area (Å²) in [5, 5.41) is 0. The van der Waals surface area contributed by atoms with Gasteiger partial charge in [-0.25, -0.2) is 4.79 Å². The summed E-state index contributed by atoms with van der Waals surface area (Å²) in [7, 11) is 3.51. The lowest BCUT2D eigenvalue weighted by atomic mass is 10.3. The first-order valence-electron chi connectivity index (χ1n) is 6.38. The zero-order valence-electron chi connectivity index (χ0n) is 11.5. The van der Waals surface area contributed by atoms with E-state index in [4.69, 9.17) is 4.74 Å². The van der Waals surface area contributed by atoms with Crippen molar-refractivity contribution in [2.45, 2.75) is 13.3 Å². The Morgan fingerprint density at radius 2 is 1.89 bits per heavy atom. The zero-order valence-corrected chi connectivity index (χ0v) is 11.5. The Labute approximate surface area is 108 Å². The summed E-state index contributed by atoms with van der Waals surface area (Å²) in [6.07, 6.45) is 0.623. The molecule has 1 fully saturated rings. The Morgan fingerprint density at radius 3 is 2.50 bits per heavy atom. The van der Waals surface area contributed by atoms with E-state index in [-0.39, 0.29) is 12.0 Å². The molecule has 1 aliphatic heterocycles. The number of nitrogens with zero attached hydrogens (tertiary/aromatic N) is 3. The molecular weight excluding hydrogens is 234 g/mol. The topological polar surface area (TPSA) is 53.1 Å². The summed E-state index contributed by atoms with van der Waals surface area (Å²) in [6.45, 7) is 5.51. The third-order valence-corrected chi connectivity index (χ3v) is 2.97. The van der Waals surface area contributed by atoms with Gasteiger partial charge in [0.25, 0.3) is 0 Å². The van der Waals surface area contributed by atoms with Crippen LogP contribution in [0, 0.1) is 0 Å². The smallest absolute Gasteiger partial charge is 0.409 e. The van der Waals surface area contributed by atoms with Crippen molar-refractivity contribution >= 4 is 12.0 Å². The van der Waals surface area contributed by atoms with E-state index < -0.39 is 0 Å². The fourth-order valence-corrected chi connectivity index (χ4v) is 1.86. The van der Waals surface area contributed by atoms with Gasteiger partial charge in [0.05, 0.1) is 13.2 Å². The second-order valence-corrected chi connectivity index (χ2v) is 4.60. The van der Waals surface area contributed by atoms with E-state index in [0.717, 1.165) is 19.5 Å². The molecule has 1 heterocycles. The van der Waals surface area contributed by atoms with Crippen LogP contribution in [0.25, 0.3) is 0 Å². The van der Waals surface area contributed by atoms with E-state index >= 15 is 0 Å². The number of hydrogen-bond acceptors (Lipinski definition) is 4. The molecule has 0 aromatic carbocycles. The SMILES string of the molecule is CCOC(=O)N1CCCN(CC(=O)N(C)C)CC1. The van der Waals surface area contributed by atoms with Crippen molar-refractivity contribution in [3.8, 4) is 0 Å². The minimum Gasteiger partial charge on any atom is -0.450 e. The van der Waals surface area contributed by atoms with Crippen LogP contribution in [0.5, 0.6) is 0 Å². The molecule has 0 aromatic rings. The fraction of sp³-hybridized carbons (Fsp3) is 0.833. The van der Waals surface area contributed by atoms with E-state index in [1.807, 2.05) is 0 Å². The monoisotopic (exact) mass is 257 g/mol. The number of amides is 2. The van der Waals surface area contributed by atoms with Crippen molar-refractivity contribution in [1.29, 1.82) is 0 Å². The number of rotatable bonds is 3. The average Bonchev–Trinajstić information content (AvgIpc) is 2.55. The van der Waals surface area contributed by atoms with Crippen LogP contribution in [-0.2, 0) is 9.53 Å². The first kappa shape index (κ1) is 14.8. The quantitative estimate of drug-likeness (QED) is 0.727. The molecule has 0 saturated carbocycles. The maximum absolute atomic E-state index is 11.6. The molecule has 0 unspecified atom stereocenters. The molecule has 0 aliphatic carbocycles. The maximum atomic E-state index is 11.6. The van der Waals surface area contributed by atoms with Crippen LogP contribution >= 0.6 is 0 Å². The molecule has 2 amide bonds. The summed E-state index contributed by atoms with van der Waals surface area (Å²) < 4.78 is 4.98. The van der Waals surface area contributed by atoms with E-state index in [1.165, 1.54) is 0 Å². The third-order valence-electron chi connectivity index (χ3n) is 2.97. The molecule has 6 heteroatoms. The van der Waals surface area contributed by atoms with Gasteiger partial charge in [0, 0.05) is 40.3 Å². The lowest BCUT2D eigenvalue weighted by molar-refractivity contribution is -0.129. The molecule has 0 atom stereocenters. The minimum atomic E-state index is -0.252. The van der Waals surface area contributed by atoms with Crippen LogP contribution < -0.4 is 0 Å². The molecule has 0 radical (unpaired) electrons. The first-order valence-corrected chi connectivity index (χ1v) is 6.38. The molecule has 104 valence electrons. The van der Waals surface area contributed by atoms with Crippen molar-refractivity contribution in [2.75, 3.05) is 53.4 Å². The van der Waals surface area contributed by atoms with E-state index in [0.29, 0.717) is 26.2 Å². The lowest BCUT2D eigenvalue weighted by Crippen LogP contribution is -2.39. The van der Waals surface area contributed by atoms with Gasteiger partial charge in [-0.05, 0) is 13.3 Å². The molecule has 0 spiro atoms. The van der Waals surface area contributed by atoms with Crippen LogP contribution in [0.4, 0.5) is 4.79 Å². The standard InChI is InChI=1S/C12H23N3O3/c1-4-18-12(17)15-7-5-6-14(8-9-15)10-11(16)13(2)3/h4-10H2,1-3H3. The Morgan fingerprint density at radius 1 is 1.17 bits per heavy atom. The highest BCUT2D eigenvalue weighted by Gasteiger charge is 2.21. The van der Waals surface area contributed by atoms with Crippen LogP contribution in [-0.4, -0.2) is 80.1 Å². The highest BCUT2D eigenvalue weighted by molar-refractivity contribution is 5.77. The van der Waals surface area contributed by atoms with Crippen LogP contribution in [0.2, 0.25) is 0 Å². The summed E-state index contributed by atoms with van der Waals surface area (Å²) in [4.78, 5) is 28.6. The Kier molecular flexibility index (Phi) is 5.91. The van der Waals surface area contributed by atoms with Gasteiger partial charge in [-0.15, -0.1) is 0 Å². The second kappa shape index (κ2) is 7.20. The molecule has 1 aliphatic rings. The van der Waals surface area contributed by atoms with Crippen LogP contribution in [0.15, 0.2) is 0 Å².